The van der Waals surface area contributed by atoms with Crippen LogP contribution in [0.5, 0.6) is 0 Å². The first kappa shape index (κ1) is 10.2. The zero-order chi connectivity index (χ0) is 11.8. The summed E-state index contributed by atoms with van der Waals surface area (Å²) in [5.41, 5.74) is 2.80. The Morgan fingerprint density at radius 3 is 3.24 bits per heavy atom. The van der Waals surface area contributed by atoms with Crippen LogP contribution < -0.4 is 5.32 Å². The van der Waals surface area contributed by atoms with E-state index in [4.69, 9.17) is 0 Å². The molecule has 2 heteroatoms. The van der Waals surface area contributed by atoms with Gasteiger partial charge in [-0.1, -0.05) is 36.1 Å². The lowest BCUT2D eigenvalue weighted by Gasteiger charge is -2.33. The van der Waals surface area contributed by atoms with Gasteiger partial charge in [-0.15, -0.1) is 0 Å². The Morgan fingerprint density at radius 1 is 1.47 bits per heavy atom. The summed E-state index contributed by atoms with van der Waals surface area (Å²) in [6.07, 6.45) is 8.44. The predicted octanol–water partition coefficient (Wildman–Crippen LogP) is 1.73. The number of fused-ring (bicyclic) bond motifs is 2. The molecule has 0 bridgehead atoms. The first-order valence-corrected chi connectivity index (χ1v) is 5.82. The summed E-state index contributed by atoms with van der Waals surface area (Å²) in [7, 11) is 0. The van der Waals surface area contributed by atoms with Crippen molar-refractivity contribution in [3.05, 3.63) is 47.7 Å². The van der Waals surface area contributed by atoms with Crippen LogP contribution >= 0.6 is 0 Å². The van der Waals surface area contributed by atoms with Gasteiger partial charge in [0.05, 0.1) is 11.8 Å². The van der Waals surface area contributed by atoms with Crippen molar-refractivity contribution in [1.29, 1.82) is 0 Å². The molecule has 2 atom stereocenters. The zero-order valence-corrected chi connectivity index (χ0v) is 9.49. The van der Waals surface area contributed by atoms with Crippen molar-refractivity contribution >= 4 is 5.78 Å². The maximum Gasteiger partial charge on any atom is 0.173 e. The van der Waals surface area contributed by atoms with E-state index in [1.165, 1.54) is 0 Å². The van der Waals surface area contributed by atoms with Crippen molar-refractivity contribution in [3.8, 4) is 11.8 Å². The Bertz CT molecular complexity index is 551. The van der Waals surface area contributed by atoms with E-state index in [9.17, 15) is 4.79 Å². The van der Waals surface area contributed by atoms with Crippen LogP contribution in [0.25, 0.3) is 0 Å². The zero-order valence-electron chi connectivity index (χ0n) is 9.49. The average molecular weight is 223 g/mol. The molecule has 0 spiro atoms. The molecular formula is C15H13NO. The first-order valence-electron chi connectivity index (χ1n) is 5.82. The normalized spacial score (nSPS) is 29.9. The molecule has 1 heterocycles. The van der Waals surface area contributed by atoms with Crippen LogP contribution in [0.2, 0.25) is 0 Å². The van der Waals surface area contributed by atoms with Crippen LogP contribution in [0.15, 0.2) is 47.7 Å². The van der Waals surface area contributed by atoms with Gasteiger partial charge >= 0.3 is 0 Å². The molecule has 1 N–H and O–H groups in total. The third-order valence-corrected chi connectivity index (χ3v) is 3.42. The molecule has 84 valence electrons. The minimum atomic E-state index is -0.167. The van der Waals surface area contributed by atoms with E-state index < -0.39 is 0 Å². The summed E-state index contributed by atoms with van der Waals surface area (Å²) in [5, 5.41) is 3.30. The molecule has 17 heavy (non-hydrogen) atoms. The van der Waals surface area contributed by atoms with Crippen molar-refractivity contribution in [2.45, 2.75) is 6.42 Å². The average Bonchev–Trinajstić information content (AvgIpc) is 2.54. The second-order valence-electron chi connectivity index (χ2n) is 4.50. The van der Waals surface area contributed by atoms with Gasteiger partial charge in [0.15, 0.2) is 5.78 Å². The summed E-state index contributed by atoms with van der Waals surface area (Å²) in [4.78, 5) is 12.4. The molecule has 3 rings (SSSR count). The van der Waals surface area contributed by atoms with Crippen molar-refractivity contribution in [1.82, 2.24) is 5.32 Å². The van der Waals surface area contributed by atoms with Crippen LogP contribution in [-0.4, -0.2) is 12.3 Å². The Kier molecular flexibility index (Phi) is 2.26. The molecule has 2 nitrogen and oxygen atoms in total. The molecule has 0 aromatic carbocycles. The largest absolute Gasteiger partial charge is 0.387 e. The summed E-state index contributed by atoms with van der Waals surface area (Å²) < 4.78 is 0. The van der Waals surface area contributed by atoms with E-state index in [0.717, 1.165) is 29.8 Å². The van der Waals surface area contributed by atoms with E-state index in [1.54, 1.807) is 6.08 Å². The first-order chi connectivity index (χ1) is 8.27. The number of piperidine rings is 1. The van der Waals surface area contributed by atoms with E-state index in [0.29, 0.717) is 0 Å². The fraction of sp³-hybridized carbons (Fsp3) is 0.267. The fourth-order valence-electron chi connectivity index (χ4n) is 2.55. The molecule has 1 fully saturated rings. The molecule has 3 aliphatic rings. The van der Waals surface area contributed by atoms with Crippen LogP contribution in [0.3, 0.4) is 0 Å². The maximum absolute atomic E-state index is 12.4. The topological polar surface area (TPSA) is 29.1 Å². The number of hydrogen-bond acceptors (Lipinski definition) is 2. The lowest BCUT2D eigenvalue weighted by Crippen LogP contribution is -2.38. The number of allylic oxidation sites excluding steroid dienone is 6. The highest BCUT2D eigenvalue weighted by molar-refractivity contribution is 6.03. The second-order valence-corrected chi connectivity index (χ2v) is 4.50. The van der Waals surface area contributed by atoms with Gasteiger partial charge in [0.25, 0.3) is 0 Å². The van der Waals surface area contributed by atoms with E-state index in [1.807, 2.05) is 12.2 Å². The van der Waals surface area contributed by atoms with Gasteiger partial charge in [-0.05, 0) is 18.6 Å². The van der Waals surface area contributed by atoms with Crippen LogP contribution in [0.1, 0.15) is 6.42 Å². The highest BCUT2D eigenvalue weighted by Gasteiger charge is 2.37. The van der Waals surface area contributed by atoms with Gasteiger partial charge in [-0.25, -0.2) is 0 Å². The quantitative estimate of drug-likeness (QED) is 0.500. The summed E-state index contributed by atoms with van der Waals surface area (Å²) in [6.45, 7) is 4.89. The third-order valence-electron chi connectivity index (χ3n) is 3.42. The third kappa shape index (κ3) is 1.55. The van der Waals surface area contributed by atoms with Crippen molar-refractivity contribution in [2.75, 3.05) is 6.54 Å². The predicted molar refractivity (Wildman–Crippen MR) is 66.8 cm³/mol. The molecular weight excluding hydrogens is 210 g/mol. The fourth-order valence-corrected chi connectivity index (χ4v) is 2.55. The second kappa shape index (κ2) is 3.78. The lowest BCUT2D eigenvalue weighted by atomic mass is 9.75. The molecule has 0 saturated carbocycles. The number of nitrogens with one attached hydrogen (secondary N) is 1. The lowest BCUT2D eigenvalue weighted by molar-refractivity contribution is -0.118. The molecule has 0 radical (unpaired) electrons. The van der Waals surface area contributed by atoms with Gasteiger partial charge in [0.2, 0.25) is 0 Å². The van der Waals surface area contributed by atoms with Gasteiger partial charge in [-0.3, -0.25) is 4.79 Å². The number of rotatable bonds is 0. The number of carbonyl (C=O) groups excluding carboxylic acids is 1. The highest BCUT2D eigenvalue weighted by Crippen LogP contribution is 2.35. The SMILES string of the molecule is C=C1CCNC2=CC3C#CC=CC=C3C(=O)C12. The molecule has 2 aliphatic carbocycles. The van der Waals surface area contributed by atoms with Crippen LogP contribution in [0.4, 0.5) is 0 Å². The van der Waals surface area contributed by atoms with Gasteiger partial charge in [0.1, 0.15) is 0 Å². The smallest absolute Gasteiger partial charge is 0.173 e. The minimum Gasteiger partial charge on any atom is -0.387 e. The molecule has 2 unspecified atom stereocenters. The van der Waals surface area contributed by atoms with Gasteiger partial charge in [-0.2, -0.15) is 0 Å². The van der Waals surface area contributed by atoms with Crippen LogP contribution in [0, 0.1) is 23.7 Å². The number of ketones is 1. The standard InChI is InChI=1S/C15H13NO/c1-10-7-8-16-13-9-11-5-3-2-4-6-12(11)15(17)14(10)13/h2,4,6,9,11,14,16H,1,7-8H2. The summed E-state index contributed by atoms with van der Waals surface area (Å²) >= 11 is 0. The molecule has 0 aromatic rings. The summed E-state index contributed by atoms with van der Waals surface area (Å²) in [5.74, 6) is 5.96. The highest BCUT2D eigenvalue weighted by atomic mass is 16.1. The molecule has 0 aromatic heterocycles. The Balaban J connectivity index is 2.11. The van der Waals surface area contributed by atoms with E-state index >= 15 is 0 Å². The number of Topliss-reactive ketones (excluding diaryl/α,β-unsaturated/α-hetero) is 1. The Labute approximate surface area is 101 Å². The molecule has 1 saturated heterocycles. The Hall–Kier alpha value is -2.01. The monoisotopic (exact) mass is 223 g/mol. The molecule has 0 amide bonds. The summed E-state index contributed by atoms with van der Waals surface area (Å²) in [6, 6.07) is 0. The minimum absolute atomic E-state index is 0.0675. The van der Waals surface area contributed by atoms with E-state index in [2.05, 4.69) is 29.8 Å². The van der Waals surface area contributed by atoms with Crippen molar-refractivity contribution < 1.29 is 4.79 Å². The number of carbonyl (C=O) groups is 1. The molecule has 1 aliphatic heterocycles. The number of hydrogen-bond donors (Lipinski definition) is 1. The van der Waals surface area contributed by atoms with Crippen molar-refractivity contribution in [3.63, 3.8) is 0 Å². The van der Waals surface area contributed by atoms with Crippen molar-refractivity contribution in [2.24, 2.45) is 11.8 Å². The van der Waals surface area contributed by atoms with E-state index in [-0.39, 0.29) is 17.6 Å². The van der Waals surface area contributed by atoms with Crippen LogP contribution in [-0.2, 0) is 4.79 Å². The van der Waals surface area contributed by atoms with Gasteiger partial charge < -0.3 is 5.32 Å². The maximum atomic E-state index is 12.4. The van der Waals surface area contributed by atoms with Gasteiger partial charge in [0, 0.05) is 17.8 Å². The Morgan fingerprint density at radius 2 is 2.35 bits per heavy atom.